The molecular weight excluding hydrogens is 244 g/mol. The molecule has 5 heteroatoms. The van der Waals surface area contributed by atoms with Crippen molar-refractivity contribution < 1.29 is 14.3 Å². The highest BCUT2D eigenvalue weighted by Crippen LogP contribution is 2.22. The van der Waals surface area contributed by atoms with Gasteiger partial charge in [-0.2, -0.15) is 0 Å². The van der Waals surface area contributed by atoms with Crippen LogP contribution >= 0.6 is 0 Å². The molecule has 104 valence electrons. The maximum atomic E-state index is 12.0. The minimum atomic E-state index is -0.108. The number of carbonyl (C=O) groups is 1. The van der Waals surface area contributed by atoms with Crippen LogP contribution in [0.25, 0.3) is 0 Å². The van der Waals surface area contributed by atoms with Crippen LogP contribution in [0.15, 0.2) is 18.2 Å². The molecule has 1 fully saturated rings. The molecule has 0 bridgehead atoms. The zero-order valence-corrected chi connectivity index (χ0v) is 11.1. The zero-order chi connectivity index (χ0) is 13.7. The highest BCUT2D eigenvalue weighted by atomic mass is 16.5. The van der Waals surface area contributed by atoms with Crippen molar-refractivity contribution >= 4 is 11.6 Å². The Kier molecular flexibility index (Phi) is 4.63. The van der Waals surface area contributed by atoms with Crippen molar-refractivity contribution in [2.75, 3.05) is 32.6 Å². The minimum absolute atomic E-state index is 0.108. The number of anilines is 1. The number of nitrogen functional groups attached to an aromatic ring is 1. The van der Waals surface area contributed by atoms with Gasteiger partial charge in [0.25, 0.3) is 5.91 Å². The molecule has 2 rings (SSSR count). The lowest BCUT2D eigenvalue weighted by atomic mass is 10.0. The molecule has 1 atom stereocenters. The molecule has 1 aliphatic heterocycles. The summed E-state index contributed by atoms with van der Waals surface area (Å²) in [5, 5.41) is 2.92. The topological polar surface area (TPSA) is 73.6 Å². The van der Waals surface area contributed by atoms with Gasteiger partial charge in [0, 0.05) is 18.7 Å². The number of methoxy groups -OCH3 is 1. The van der Waals surface area contributed by atoms with E-state index >= 15 is 0 Å². The van der Waals surface area contributed by atoms with E-state index in [0.717, 1.165) is 26.1 Å². The second-order valence-electron chi connectivity index (χ2n) is 4.75. The maximum Gasteiger partial charge on any atom is 0.251 e. The lowest BCUT2D eigenvalue weighted by molar-refractivity contribution is 0.0536. The molecule has 1 amide bonds. The third-order valence-electron chi connectivity index (χ3n) is 3.30. The van der Waals surface area contributed by atoms with E-state index in [2.05, 4.69) is 5.32 Å². The van der Waals surface area contributed by atoms with Crippen molar-refractivity contribution in [2.24, 2.45) is 5.92 Å². The van der Waals surface area contributed by atoms with Crippen molar-refractivity contribution in [3.8, 4) is 5.75 Å². The van der Waals surface area contributed by atoms with E-state index in [1.165, 1.54) is 7.11 Å². The fourth-order valence-electron chi connectivity index (χ4n) is 2.16. The van der Waals surface area contributed by atoms with Gasteiger partial charge in [0.1, 0.15) is 5.75 Å². The number of ether oxygens (including phenoxy) is 2. The Hall–Kier alpha value is -1.75. The van der Waals surface area contributed by atoms with E-state index in [4.69, 9.17) is 15.2 Å². The molecule has 1 aromatic carbocycles. The molecule has 0 saturated carbocycles. The molecule has 5 nitrogen and oxygen atoms in total. The Morgan fingerprint density at radius 3 is 3.11 bits per heavy atom. The Bertz CT molecular complexity index is 442. The number of nitrogens with two attached hydrogens (primary N) is 1. The van der Waals surface area contributed by atoms with Crippen molar-refractivity contribution in [3.63, 3.8) is 0 Å². The summed E-state index contributed by atoms with van der Waals surface area (Å²) in [5.41, 5.74) is 6.80. The van der Waals surface area contributed by atoms with E-state index in [9.17, 15) is 4.79 Å². The first-order valence-corrected chi connectivity index (χ1v) is 6.50. The van der Waals surface area contributed by atoms with Crippen molar-refractivity contribution in [1.29, 1.82) is 0 Å². The Morgan fingerprint density at radius 1 is 1.58 bits per heavy atom. The number of benzene rings is 1. The van der Waals surface area contributed by atoms with Crippen LogP contribution < -0.4 is 15.8 Å². The van der Waals surface area contributed by atoms with Gasteiger partial charge < -0.3 is 20.5 Å². The summed E-state index contributed by atoms with van der Waals surface area (Å²) in [5.74, 6) is 0.825. The van der Waals surface area contributed by atoms with Crippen molar-refractivity contribution in [1.82, 2.24) is 5.32 Å². The van der Waals surface area contributed by atoms with Gasteiger partial charge in [-0.05, 0) is 37.0 Å². The molecule has 1 aliphatic rings. The minimum Gasteiger partial charge on any atom is -0.495 e. The average molecular weight is 264 g/mol. The monoisotopic (exact) mass is 264 g/mol. The van der Waals surface area contributed by atoms with E-state index in [1.54, 1.807) is 18.2 Å². The molecule has 3 N–H and O–H groups in total. The summed E-state index contributed by atoms with van der Waals surface area (Å²) in [7, 11) is 1.53. The van der Waals surface area contributed by atoms with Crippen LogP contribution in [0.4, 0.5) is 5.69 Å². The molecule has 0 radical (unpaired) electrons. The first-order chi connectivity index (χ1) is 9.20. The molecule has 1 heterocycles. The lowest BCUT2D eigenvalue weighted by Gasteiger charge is -2.22. The number of nitrogens with one attached hydrogen (secondary N) is 1. The van der Waals surface area contributed by atoms with Gasteiger partial charge in [-0.25, -0.2) is 0 Å². The zero-order valence-electron chi connectivity index (χ0n) is 11.1. The number of hydrogen-bond donors (Lipinski definition) is 2. The first kappa shape index (κ1) is 13.7. The van der Waals surface area contributed by atoms with Gasteiger partial charge in [-0.1, -0.05) is 0 Å². The number of hydrogen-bond acceptors (Lipinski definition) is 4. The SMILES string of the molecule is COc1cc(C(=O)NCC2CCCOC2)ccc1N. The standard InChI is InChI=1S/C14H20N2O3/c1-18-13-7-11(4-5-12(13)15)14(17)16-8-10-3-2-6-19-9-10/h4-5,7,10H,2-3,6,8-9,15H2,1H3,(H,16,17). The second kappa shape index (κ2) is 6.43. The van der Waals surface area contributed by atoms with E-state index in [0.29, 0.717) is 29.5 Å². The maximum absolute atomic E-state index is 12.0. The van der Waals surface area contributed by atoms with Crippen LogP contribution in [-0.2, 0) is 4.74 Å². The smallest absolute Gasteiger partial charge is 0.251 e. The van der Waals surface area contributed by atoms with Crippen LogP contribution in [0.5, 0.6) is 5.75 Å². The average Bonchev–Trinajstić information content (AvgIpc) is 2.46. The summed E-state index contributed by atoms with van der Waals surface area (Å²) in [6.07, 6.45) is 2.17. The highest BCUT2D eigenvalue weighted by molar-refractivity contribution is 5.95. The summed E-state index contributed by atoms with van der Waals surface area (Å²) in [4.78, 5) is 12.0. The van der Waals surface area contributed by atoms with E-state index in [1.807, 2.05) is 0 Å². The number of amides is 1. The molecule has 0 spiro atoms. The predicted octanol–water partition coefficient (Wildman–Crippen LogP) is 1.43. The summed E-state index contributed by atoms with van der Waals surface area (Å²) >= 11 is 0. The third-order valence-corrected chi connectivity index (χ3v) is 3.30. The number of rotatable bonds is 4. The van der Waals surface area contributed by atoms with Crippen LogP contribution in [0.1, 0.15) is 23.2 Å². The predicted molar refractivity (Wildman–Crippen MR) is 73.3 cm³/mol. The fourth-order valence-corrected chi connectivity index (χ4v) is 2.16. The van der Waals surface area contributed by atoms with Gasteiger partial charge in [-0.15, -0.1) is 0 Å². The third kappa shape index (κ3) is 3.61. The summed E-state index contributed by atoms with van der Waals surface area (Å²) in [6.45, 7) is 2.20. The quantitative estimate of drug-likeness (QED) is 0.807. The normalized spacial score (nSPS) is 18.9. The van der Waals surface area contributed by atoms with Crippen molar-refractivity contribution in [3.05, 3.63) is 23.8 Å². The highest BCUT2D eigenvalue weighted by Gasteiger charge is 2.15. The van der Waals surface area contributed by atoms with Crippen LogP contribution in [0.2, 0.25) is 0 Å². The fraction of sp³-hybridized carbons (Fsp3) is 0.500. The van der Waals surface area contributed by atoms with Crippen LogP contribution in [0, 0.1) is 5.92 Å². The van der Waals surface area contributed by atoms with Crippen LogP contribution in [0.3, 0.4) is 0 Å². The van der Waals surface area contributed by atoms with E-state index in [-0.39, 0.29) is 5.91 Å². The Balaban J connectivity index is 1.92. The molecule has 1 aromatic rings. The molecule has 0 aromatic heterocycles. The van der Waals surface area contributed by atoms with Crippen molar-refractivity contribution in [2.45, 2.75) is 12.8 Å². The largest absolute Gasteiger partial charge is 0.495 e. The molecular formula is C14H20N2O3. The summed E-state index contributed by atoms with van der Waals surface area (Å²) < 4.78 is 10.5. The Labute approximate surface area is 113 Å². The lowest BCUT2D eigenvalue weighted by Crippen LogP contribution is -2.33. The van der Waals surface area contributed by atoms with Gasteiger partial charge in [0.05, 0.1) is 19.4 Å². The molecule has 1 saturated heterocycles. The van der Waals surface area contributed by atoms with Gasteiger partial charge in [0.15, 0.2) is 0 Å². The second-order valence-corrected chi connectivity index (χ2v) is 4.75. The summed E-state index contributed by atoms with van der Waals surface area (Å²) in [6, 6.07) is 5.03. The van der Waals surface area contributed by atoms with Crippen LogP contribution in [-0.4, -0.2) is 32.8 Å². The van der Waals surface area contributed by atoms with E-state index < -0.39 is 0 Å². The Morgan fingerprint density at radius 2 is 2.42 bits per heavy atom. The molecule has 0 aliphatic carbocycles. The van der Waals surface area contributed by atoms with Gasteiger partial charge in [-0.3, -0.25) is 4.79 Å². The number of carbonyl (C=O) groups excluding carboxylic acids is 1. The molecule has 1 unspecified atom stereocenters. The van der Waals surface area contributed by atoms with Gasteiger partial charge in [0.2, 0.25) is 0 Å². The molecule has 19 heavy (non-hydrogen) atoms. The van der Waals surface area contributed by atoms with Gasteiger partial charge >= 0.3 is 0 Å². The first-order valence-electron chi connectivity index (χ1n) is 6.50.